The van der Waals surface area contributed by atoms with Crippen LogP contribution < -0.4 is 5.32 Å². The van der Waals surface area contributed by atoms with E-state index in [1.54, 1.807) is 10.7 Å². The van der Waals surface area contributed by atoms with Gasteiger partial charge in [-0.3, -0.25) is 0 Å². The number of nitrogens with zero attached hydrogens (tertiary/aromatic N) is 5. The normalized spacial score (nSPS) is 12.5. The molecule has 2 heterocycles. The summed E-state index contributed by atoms with van der Waals surface area (Å²) in [6, 6.07) is 15.3. The number of tetrazole rings is 1. The number of hydrogen-bond acceptors (Lipinski definition) is 4. The van der Waals surface area contributed by atoms with E-state index in [0.29, 0.717) is 23.4 Å². The highest BCUT2D eigenvalue weighted by Crippen LogP contribution is 2.40. The minimum atomic E-state index is -0.365. The smallest absolute Gasteiger partial charge is 0.200 e. The van der Waals surface area contributed by atoms with E-state index < -0.39 is 0 Å². The predicted molar refractivity (Wildman–Crippen MR) is 123 cm³/mol. The van der Waals surface area contributed by atoms with E-state index in [-0.39, 0.29) is 16.9 Å². The molecule has 7 heteroatoms. The van der Waals surface area contributed by atoms with Gasteiger partial charge in [0.15, 0.2) is 5.82 Å². The highest BCUT2D eigenvalue weighted by Gasteiger charge is 2.29. The minimum Gasteiger partial charge on any atom is -0.366 e. The lowest BCUT2D eigenvalue weighted by atomic mass is 10.1. The van der Waals surface area contributed by atoms with Gasteiger partial charge in [0.2, 0.25) is 0 Å². The fraction of sp³-hybridized carbons (Fsp3) is 0.375. The second kappa shape index (κ2) is 7.48. The van der Waals surface area contributed by atoms with Crippen LogP contribution in [0.2, 0.25) is 0 Å². The van der Waals surface area contributed by atoms with Crippen LogP contribution in [-0.2, 0) is 12.1 Å². The van der Waals surface area contributed by atoms with Crippen LogP contribution in [0, 0.1) is 5.82 Å². The van der Waals surface area contributed by atoms with Gasteiger partial charge in [-0.15, -0.1) is 5.10 Å². The predicted octanol–water partition coefficient (Wildman–Crippen LogP) is 5.45. The molecule has 0 bridgehead atoms. The summed E-state index contributed by atoms with van der Waals surface area (Å²) in [5.41, 5.74) is 1.19. The van der Waals surface area contributed by atoms with Gasteiger partial charge in [0, 0.05) is 22.9 Å². The Labute approximate surface area is 182 Å². The Morgan fingerprint density at radius 3 is 2.29 bits per heavy atom. The van der Waals surface area contributed by atoms with Crippen LogP contribution in [0.15, 0.2) is 48.5 Å². The van der Waals surface area contributed by atoms with Crippen LogP contribution in [0.4, 0.5) is 10.2 Å². The average molecular weight is 421 g/mol. The number of benzene rings is 2. The van der Waals surface area contributed by atoms with Crippen LogP contribution in [-0.4, -0.2) is 30.3 Å². The van der Waals surface area contributed by atoms with Crippen molar-refractivity contribution >= 4 is 16.6 Å². The molecule has 2 aromatic carbocycles. The van der Waals surface area contributed by atoms with Gasteiger partial charge in [0.05, 0.1) is 5.54 Å². The Morgan fingerprint density at radius 1 is 0.935 bits per heavy atom. The van der Waals surface area contributed by atoms with Crippen molar-refractivity contribution in [3.8, 4) is 11.5 Å². The molecule has 162 valence electrons. The van der Waals surface area contributed by atoms with Gasteiger partial charge in [-0.25, -0.2) is 9.07 Å². The van der Waals surface area contributed by atoms with E-state index in [9.17, 15) is 0 Å². The Hall–Kier alpha value is -3.22. The SMILES string of the molecule is CC(C)(C)Nc1c2cccc(F)c2c(-c2nnnn2C(C)(C)C)n1Cc1ccccc1. The Kier molecular flexibility index (Phi) is 5.07. The first-order valence-corrected chi connectivity index (χ1v) is 10.5. The first kappa shape index (κ1) is 21.0. The molecule has 0 fully saturated rings. The first-order chi connectivity index (χ1) is 14.6. The molecule has 0 unspecified atom stereocenters. The third-order valence-corrected chi connectivity index (χ3v) is 5.04. The molecular weight excluding hydrogens is 391 g/mol. The number of hydrogen-bond donors (Lipinski definition) is 1. The summed E-state index contributed by atoms with van der Waals surface area (Å²) in [6.07, 6.45) is 0. The maximum atomic E-state index is 15.3. The van der Waals surface area contributed by atoms with Crippen molar-refractivity contribution < 1.29 is 4.39 Å². The number of nitrogens with one attached hydrogen (secondary N) is 1. The van der Waals surface area contributed by atoms with E-state index in [2.05, 4.69) is 58.3 Å². The van der Waals surface area contributed by atoms with E-state index >= 15 is 4.39 Å². The highest BCUT2D eigenvalue weighted by atomic mass is 19.1. The number of anilines is 1. The largest absolute Gasteiger partial charge is 0.366 e. The van der Waals surface area contributed by atoms with E-state index in [4.69, 9.17) is 0 Å². The molecule has 0 aliphatic heterocycles. The van der Waals surface area contributed by atoms with Crippen LogP contribution >= 0.6 is 0 Å². The molecule has 6 nitrogen and oxygen atoms in total. The van der Waals surface area contributed by atoms with E-state index in [0.717, 1.165) is 16.8 Å². The van der Waals surface area contributed by atoms with Gasteiger partial charge in [0.1, 0.15) is 17.3 Å². The third kappa shape index (κ3) is 4.04. The van der Waals surface area contributed by atoms with Crippen molar-refractivity contribution in [3.05, 3.63) is 59.9 Å². The minimum absolute atomic E-state index is 0.223. The summed E-state index contributed by atoms with van der Waals surface area (Å²) >= 11 is 0. The Morgan fingerprint density at radius 2 is 1.65 bits per heavy atom. The number of fused-ring (bicyclic) bond motifs is 1. The molecule has 1 N–H and O–H groups in total. The summed E-state index contributed by atoms with van der Waals surface area (Å²) in [6.45, 7) is 12.9. The first-order valence-electron chi connectivity index (χ1n) is 10.5. The van der Waals surface area contributed by atoms with Crippen molar-refractivity contribution in [2.75, 3.05) is 5.32 Å². The standard InChI is InChI=1S/C24H29FN6/c1-23(2,3)26-21-17-13-10-14-18(25)19(17)20(22-27-28-29-31(22)24(4,5)6)30(21)15-16-11-8-7-9-12-16/h7-14,26H,15H2,1-6H3. The van der Waals surface area contributed by atoms with Crippen LogP contribution in [0.25, 0.3) is 22.3 Å². The van der Waals surface area contributed by atoms with Crippen LogP contribution in [0.3, 0.4) is 0 Å². The summed E-state index contributed by atoms with van der Waals surface area (Å²) in [4.78, 5) is 0. The maximum absolute atomic E-state index is 15.3. The molecule has 0 aliphatic rings. The summed E-state index contributed by atoms with van der Waals surface area (Å²) in [5, 5.41) is 17.4. The summed E-state index contributed by atoms with van der Waals surface area (Å²) in [7, 11) is 0. The summed E-state index contributed by atoms with van der Waals surface area (Å²) < 4.78 is 19.2. The number of aromatic nitrogens is 5. The van der Waals surface area contributed by atoms with Gasteiger partial charge < -0.3 is 9.88 Å². The molecule has 0 amide bonds. The second-order valence-electron chi connectivity index (χ2n) is 9.89. The second-order valence-corrected chi connectivity index (χ2v) is 9.89. The zero-order chi connectivity index (χ0) is 22.4. The average Bonchev–Trinajstić information content (AvgIpc) is 3.26. The fourth-order valence-corrected chi connectivity index (χ4v) is 3.79. The maximum Gasteiger partial charge on any atom is 0.200 e. The van der Waals surface area contributed by atoms with Gasteiger partial charge in [-0.05, 0) is 63.6 Å². The summed E-state index contributed by atoms with van der Waals surface area (Å²) in [5.74, 6) is 1.10. The highest BCUT2D eigenvalue weighted by molar-refractivity contribution is 6.03. The molecule has 0 saturated carbocycles. The lowest BCUT2D eigenvalue weighted by molar-refractivity contribution is 0.350. The van der Waals surface area contributed by atoms with Gasteiger partial charge >= 0.3 is 0 Å². The van der Waals surface area contributed by atoms with Crippen molar-refractivity contribution in [2.24, 2.45) is 0 Å². The zero-order valence-electron chi connectivity index (χ0n) is 18.9. The topological polar surface area (TPSA) is 60.6 Å². The number of halogens is 1. The molecular formula is C24H29FN6. The molecule has 4 rings (SSSR count). The van der Waals surface area contributed by atoms with E-state index in [1.807, 2.05) is 45.0 Å². The lowest BCUT2D eigenvalue weighted by Crippen LogP contribution is -2.28. The van der Waals surface area contributed by atoms with Crippen molar-refractivity contribution in [3.63, 3.8) is 0 Å². The molecule has 0 radical (unpaired) electrons. The monoisotopic (exact) mass is 420 g/mol. The molecule has 31 heavy (non-hydrogen) atoms. The molecule has 0 aliphatic carbocycles. The van der Waals surface area contributed by atoms with Gasteiger partial charge in [-0.2, -0.15) is 0 Å². The quantitative estimate of drug-likeness (QED) is 0.477. The van der Waals surface area contributed by atoms with Gasteiger partial charge in [0.25, 0.3) is 0 Å². The molecule has 0 spiro atoms. The molecule has 0 atom stereocenters. The zero-order valence-corrected chi connectivity index (χ0v) is 18.9. The van der Waals surface area contributed by atoms with E-state index in [1.165, 1.54) is 6.07 Å². The van der Waals surface area contributed by atoms with Crippen molar-refractivity contribution in [1.29, 1.82) is 0 Å². The van der Waals surface area contributed by atoms with Crippen LogP contribution in [0.1, 0.15) is 47.1 Å². The third-order valence-electron chi connectivity index (χ3n) is 5.04. The Balaban J connectivity index is 2.09. The Bertz CT molecular complexity index is 1210. The van der Waals surface area contributed by atoms with Crippen molar-refractivity contribution in [2.45, 2.75) is 59.2 Å². The molecule has 4 aromatic rings. The van der Waals surface area contributed by atoms with Gasteiger partial charge in [-0.1, -0.05) is 42.5 Å². The fourth-order valence-electron chi connectivity index (χ4n) is 3.79. The van der Waals surface area contributed by atoms with Crippen molar-refractivity contribution in [1.82, 2.24) is 24.8 Å². The lowest BCUT2D eigenvalue weighted by Gasteiger charge is -2.25. The molecule has 0 saturated heterocycles. The van der Waals surface area contributed by atoms with Crippen LogP contribution in [0.5, 0.6) is 0 Å². The number of rotatable bonds is 4. The molecule has 2 aromatic heterocycles.